The zero-order valence-corrected chi connectivity index (χ0v) is 32.1. The van der Waals surface area contributed by atoms with Gasteiger partial charge in [-0.3, -0.25) is 9.13 Å². The number of aromatic nitrogens is 2. The molecule has 4 heteroatoms. The Balaban J connectivity index is 1.36. The molecule has 2 aromatic heterocycles. The number of benzene rings is 8. The van der Waals surface area contributed by atoms with E-state index in [1.807, 2.05) is 38.1 Å². The molecule has 8 aromatic carbocycles. The quantitative estimate of drug-likeness (QED) is 0.170. The average molecular weight is 741 g/mol. The fraction of sp³-hybridized carbons (Fsp3) is 0.0370. The minimum absolute atomic E-state index is 0.648. The molecule has 0 aliphatic rings. The number of nitriles is 2. The molecule has 0 unspecified atom stereocenters. The van der Waals surface area contributed by atoms with Crippen LogP contribution < -0.4 is 0 Å². The van der Waals surface area contributed by atoms with E-state index in [0.29, 0.717) is 11.1 Å². The highest BCUT2D eigenvalue weighted by Gasteiger charge is 2.27. The molecular weight excluding hydrogens is 705 g/mol. The smallest absolute Gasteiger partial charge is 0.131 e. The van der Waals surface area contributed by atoms with Crippen LogP contribution >= 0.6 is 0 Å². The molecule has 10 rings (SSSR count). The van der Waals surface area contributed by atoms with Gasteiger partial charge in [-0.2, -0.15) is 10.5 Å². The van der Waals surface area contributed by atoms with Crippen molar-refractivity contribution in [1.29, 1.82) is 10.5 Å². The van der Waals surface area contributed by atoms with Gasteiger partial charge in [0, 0.05) is 38.7 Å². The number of fused-ring (bicyclic) bond motifs is 5. The minimum Gasteiger partial charge on any atom is -0.294 e. The Labute approximate surface area is 337 Å². The molecule has 4 nitrogen and oxygen atoms in total. The van der Waals surface area contributed by atoms with Crippen LogP contribution in [0.3, 0.4) is 0 Å². The molecule has 0 spiro atoms. The second-order valence-corrected chi connectivity index (χ2v) is 14.9. The first-order valence-electron chi connectivity index (χ1n) is 19.5. The first-order valence-corrected chi connectivity index (χ1v) is 19.5. The third-order valence-electron chi connectivity index (χ3n) is 11.2. The Bertz CT molecular complexity index is 3100. The van der Waals surface area contributed by atoms with Crippen LogP contribution in [0.2, 0.25) is 0 Å². The van der Waals surface area contributed by atoms with Crippen LogP contribution in [0, 0.1) is 36.5 Å². The van der Waals surface area contributed by atoms with Gasteiger partial charge < -0.3 is 0 Å². The van der Waals surface area contributed by atoms with Crippen molar-refractivity contribution < 1.29 is 0 Å². The molecule has 0 radical (unpaired) electrons. The summed E-state index contributed by atoms with van der Waals surface area (Å²) in [5, 5.41) is 23.3. The molecule has 0 atom stereocenters. The van der Waals surface area contributed by atoms with Gasteiger partial charge in [-0.25, -0.2) is 0 Å². The van der Waals surface area contributed by atoms with E-state index in [1.54, 1.807) is 0 Å². The number of hydrogen-bond donors (Lipinski definition) is 0. The summed E-state index contributed by atoms with van der Waals surface area (Å²) in [7, 11) is 0. The first kappa shape index (κ1) is 34.6. The summed E-state index contributed by atoms with van der Waals surface area (Å²) in [6.45, 7) is 4.09. The predicted molar refractivity (Wildman–Crippen MR) is 238 cm³/mol. The molecule has 0 N–H and O–H groups in total. The molecule has 272 valence electrons. The van der Waals surface area contributed by atoms with E-state index in [1.165, 1.54) is 5.39 Å². The molecule has 0 fully saturated rings. The van der Waals surface area contributed by atoms with Crippen LogP contribution in [0.1, 0.15) is 22.3 Å². The molecule has 10 aromatic rings. The summed E-state index contributed by atoms with van der Waals surface area (Å²) in [5.74, 6) is 0. The third kappa shape index (κ3) is 5.59. The van der Waals surface area contributed by atoms with E-state index < -0.39 is 0 Å². The lowest BCUT2D eigenvalue weighted by Gasteiger charge is -2.18. The standard InChI is InChI=1S/C54H36N4/c1-35-27-37(33-55)31-39(29-35)43-19-9-11-21-45(43)47-23-13-25-49-51-50-26-14-24-48(46-22-12-10-20-44(46)40-30-36(2)28-38(32-40)34-56)53(50)58(42-17-7-4-8-18-42)54(51)57(52(47)49)41-15-5-3-6-16-41/h3-32H,1-2H3. The van der Waals surface area contributed by atoms with Crippen LogP contribution in [0.15, 0.2) is 182 Å². The molecular formula is C54H36N4. The maximum atomic E-state index is 9.92. The van der Waals surface area contributed by atoms with Crippen molar-refractivity contribution in [3.05, 3.63) is 204 Å². The van der Waals surface area contributed by atoms with Crippen molar-refractivity contribution in [2.75, 3.05) is 0 Å². The summed E-state index contributed by atoms with van der Waals surface area (Å²) in [5.41, 5.74) is 17.4. The number of hydrogen-bond acceptors (Lipinski definition) is 2. The van der Waals surface area contributed by atoms with Gasteiger partial charge in [0.1, 0.15) is 5.65 Å². The van der Waals surface area contributed by atoms with Crippen LogP contribution in [-0.4, -0.2) is 9.13 Å². The van der Waals surface area contributed by atoms with E-state index in [9.17, 15) is 10.5 Å². The molecule has 58 heavy (non-hydrogen) atoms. The molecule has 0 bridgehead atoms. The Morgan fingerprint density at radius 3 is 1.17 bits per heavy atom. The number of nitrogens with zero attached hydrogens (tertiary/aromatic N) is 4. The average Bonchev–Trinajstić information content (AvgIpc) is 3.79. The summed E-state index contributed by atoms with van der Waals surface area (Å²) in [4.78, 5) is 0. The van der Waals surface area contributed by atoms with E-state index in [2.05, 4.69) is 179 Å². The van der Waals surface area contributed by atoms with Gasteiger partial charge in [0.2, 0.25) is 0 Å². The SMILES string of the molecule is Cc1cc(C#N)cc(-c2ccccc2-c2cccc3c4c5cccc(-c6ccccc6-c6cc(C)cc(C#N)c6)c5n(-c5ccccc5)c4n(-c4ccccc4)c23)c1. The van der Waals surface area contributed by atoms with Crippen LogP contribution in [-0.2, 0) is 0 Å². The molecule has 0 saturated carbocycles. The normalized spacial score (nSPS) is 11.2. The van der Waals surface area contributed by atoms with Gasteiger partial charge in [-0.1, -0.05) is 133 Å². The molecule has 0 aliphatic heterocycles. The largest absolute Gasteiger partial charge is 0.294 e. The summed E-state index contributed by atoms with van der Waals surface area (Å²) in [6.07, 6.45) is 0. The highest BCUT2D eigenvalue weighted by molar-refractivity contribution is 6.26. The summed E-state index contributed by atoms with van der Waals surface area (Å²) >= 11 is 0. The third-order valence-corrected chi connectivity index (χ3v) is 11.2. The second kappa shape index (κ2) is 14.0. The first-order chi connectivity index (χ1) is 28.5. The van der Waals surface area contributed by atoms with Gasteiger partial charge in [0.05, 0.1) is 34.3 Å². The lowest BCUT2D eigenvalue weighted by Crippen LogP contribution is -2.03. The molecule has 2 heterocycles. The topological polar surface area (TPSA) is 57.4 Å². The van der Waals surface area contributed by atoms with Gasteiger partial charge in [-0.05, 0) is 107 Å². The van der Waals surface area contributed by atoms with E-state index in [-0.39, 0.29) is 0 Å². The monoisotopic (exact) mass is 740 g/mol. The van der Waals surface area contributed by atoms with Gasteiger partial charge >= 0.3 is 0 Å². The van der Waals surface area contributed by atoms with Crippen molar-refractivity contribution >= 4 is 32.8 Å². The lowest BCUT2D eigenvalue weighted by molar-refractivity contribution is 1.07. The Morgan fingerprint density at radius 2 is 0.759 bits per heavy atom. The summed E-state index contributed by atoms with van der Waals surface area (Å²) < 4.78 is 4.88. The van der Waals surface area contributed by atoms with Crippen molar-refractivity contribution in [3.63, 3.8) is 0 Å². The fourth-order valence-electron chi connectivity index (χ4n) is 8.93. The molecule has 0 aliphatic carbocycles. The van der Waals surface area contributed by atoms with E-state index in [4.69, 9.17) is 0 Å². The Morgan fingerprint density at radius 1 is 0.379 bits per heavy atom. The van der Waals surface area contributed by atoms with Crippen molar-refractivity contribution in [3.8, 4) is 68.0 Å². The second-order valence-electron chi connectivity index (χ2n) is 14.9. The van der Waals surface area contributed by atoms with Crippen molar-refractivity contribution in [1.82, 2.24) is 9.13 Å². The zero-order valence-electron chi connectivity index (χ0n) is 32.1. The van der Waals surface area contributed by atoms with Crippen molar-refractivity contribution in [2.45, 2.75) is 13.8 Å². The molecule has 0 amide bonds. The van der Waals surface area contributed by atoms with Crippen molar-refractivity contribution in [2.24, 2.45) is 0 Å². The van der Waals surface area contributed by atoms with Crippen LogP contribution in [0.4, 0.5) is 0 Å². The minimum atomic E-state index is 0.648. The van der Waals surface area contributed by atoms with E-state index >= 15 is 0 Å². The van der Waals surface area contributed by atoms with Gasteiger partial charge in [-0.15, -0.1) is 0 Å². The van der Waals surface area contributed by atoms with Gasteiger partial charge in [0.15, 0.2) is 0 Å². The van der Waals surface area contributed by atoms with Gasteiger partial charge in [0.25, 0.3) is 0 Å². The van der Waals surface area contributed by atoms with Crippen LogP contribution in [0.5, 0.6) is 0 Å². The van der Waals surface area contributed by atoms with E-state index in [0.717, 1.165) is 94.5 Å². The lowest BCUT2D eigenvalue weighted by atomic mass is 9.91. The highest BCUT2D eigenvalue weighted by Crippen LogP contribution is 2.48. The Hall–Kier alpha value is -7.92. The summed E-state index contributed by atoms with van der Waals surface area (Å²) in [6, 6.07) is 68.7. The fourth-order valence-corrected chi connectivity index (χ4v) is 8.93. The number of aryl methyl sites for hydroxylation is 2. The molecule has 0 saturated heterocycles. The maximum Gasteiger partial charge on any atom is 0.131 e. The number of para-hydroxylation sites is 4. The Kier molecular flexibility index (Phi) is 8.33. The number of rotatable bonds is 6. The highest BCUT2D eigenvalue weighted by atomic mass is 15.1. The van der Waals surface area contributed by atoms with Crippen LogP contribution in [0.25, 0.3) is 88.7 Å². The zero-order chi connectivity index (χ0) is 39.3. The predicted octanol–water partition coefficient (Wildman–Crippen LogP) is 13.8. The maximum absolute atomic E-state index is 9.92.